The van der Waals surface area contributed by atoms with Crippen molar-refractivity contribution in [3.05, 3.63) is 52.0 Å². The number of furan rings is 1. The molecular weight excluding hydrogens is 226 g/mol. The fraction of sp³-hybridized carbons (Fsp3) is 0.267. The summed E-state index contributed by atoms with van der Waals surface area (Å²) in [7, 11) is 0. The van der Waals surface area contributed by atoms with Gasteiger partial charge in [-0.05, 0) is 51.5 Å². The van der Waals surface area contributed by atoms with Crippen molar-refractivity contribution in [1.82, 2.24) is 0 Å². The van der Waals surface area contributed by atoms with Gasteiger partial charge in [0.05, 0.1) is 5.56 Å². The highest BCUT2D eigenvalue weighted by Crippen LogP contribution is 2.24. The van der Waals surface area contributed by atoms with Crippen molar-refractivity contribution in [1.29, 1.82) is 0 Å². The SMILES string of the molecule is Cc1cc(C(=O)c2c(C)oc(C)c2C)ccc1N. The third kappa shape index (κ3) is 1.92. The molecule has 0 bridgehead atoms. The molecule has 0 radical (unpaired) electrons. The number of hydrogen-bond donors (Lipinski definition) is 1. The number of nitrogen functional groups attached to an aromatic ring is 1. The number of anilines is 1. The van der Waals surface area contributed by atoms with E-state index in [1.807, 2.05) is 33.8 Å². The van der Waals surface area contributed by atoms with E-state index in [0.717, 1.165) is 16.9 Å². The quantitative estimate of drug-likeness (QED) is 0.650. The molecule has 3 nitrogen and oxygen atoms in total. The molecule has 1 aromatic carbocycles. The van der Waals surface area contributed by atoms with Gasteiger partial charge in [-0.25, -0.2) is 0 Å². The predicted molar refractivity (Wildman–Crippen MR) is 71.9 cm³/mol. The van der Waals surface area contributed by atoms with Crippen molar-refractivity contribution in [2.24, 2.45) is 0 Å². The first kappa shape index (κ1) is 12.4. The lowest BCUT2D eigenvalue weighted by Gasteiger charge is -2.04. The monoisotopic (exact) mass is 243 g/mol. The van der Waals surface area contributed by atoms with Gasteiger partial charge in [0.1, 0.15) is 11.5 Å². The van der Waals surface area contributed by atoms with Crippen LogP contribution in [0.25, 0.3) is 0 Å². The molecule has 0 fully saturated rings. The zero-order valence-electron chi connectivity index (χ0n) is 11.1. The van der Waals surface area contributed by atoms with Crippen LogP contribution < -0.4 is 5.73 Å². The molecule has 1 aromatic heterocycles. The number of benzene rings is 1. The Labute approximate surface area is 107 Å². The summed E-state index contributed by atoms with van der Waals surface area (Å²) >= 11 is 0. The van der Waals surface area contributed by atoms with Crippen molar-refractivity contribution in [2.45, 2.75) is 27.7 Å². The Morgan fingerprint density at radius 2 is 1.78 bits per heavy atom. The number of ketones is 1. The third-order valence-corrected chi connectivity index (χ3v) is 3.32. The summed E-state index contributed by atoms with van der Waals surface area (Å²) in [6.07, 6.45) is 0. The second-order valence-corrected chi connectivity index (χ2v) is 4.61. The molecule has 0 unspecified atom stereocenters. The number of aryl methyl sites for hydroxylation is 3. The number of rotatable bonds is 2. The Morgan fingerprint density at radius 3 is 2.28 bits per heavy atom. The lowest BCUT2D eigenvalue weighted by molar-refractivity contribution is 0.103. The van der Waals surface area contributed by atoms with E-state index in [2.05, 4.69) is 0 Å². The van der Waals surface area contributed by atoms with Gasteiger partial charge in [0, 0.05) is 16.8 Å². The molecule has 3 heteroatoms. The smallest absolute Gasteiger partial charge is 0.196 e. The minimum absolute atomic E-state index is 0.00931. The molecule has 0 aliphatic carbocycles. The lowest BCUT2D eigenvalue weighted by atomic mass is 9.98. The maximum Gasteiger partial charge on any atom is 0.196 e. The molecule has 0 aliphatic heterocycles. The number of carbonyl (C=O) groups excluding carboxylic acids is 1. The average molecular weight is 243 g/mol. The van der Waals surface area contributed by atoms with Crippen LogP contribution in [0.4, 0.5) is 5.69 Å². The fourth-order valence-corrected chi connectivity index (χ4v) is 2.09. The van der Waals surface area contributed by atoms with Gasteiger partial charge in [-0.2, -0.15) is 0 Å². The van der Waals surface area contributed by atoms with Crippen LogP contribution in [0, 0.1) is 27.7 Å². The third-order valence-electron chi connectivity index (χ3n) is 3.32. The van der Waals surface area contributed by atoms with Crippen molar-refractivity contribution in [3.63, 3.8) is 0 Å². The molecule has 0 saturated heterocycles. The first-order valence-corrected chi connectivity index (χ1v) is 5.89. The summed E-state index contributed by atoms with van der Waals surface area (Å²) in [5.41, 5.74) is 9.59. The lowest BCUT2D eigenvalue weighted by Crippen LogP contribution is -2.04. The normalized spacial score (nSPS) is 10.7. The molecule has 0 amide bonds. The average Bonchev–Trinajstić information content (AvgIpc) is 2.56. The molecule has 0 aliphatic rings. The summed E-state index contributed by atoms with van der Waals surface area (Å²) in [6, 6.07) is 5.34. The summed E-state index contributed by atoms with van der Waals surface area (Å²) in [5.74, 6) is 1.46. The van der Waals surface area contributed by atoms with Gasteiger partial charge in [0.2, 0.25) is 0 Å². The van der Waals surface area contributed by atoms with Crippen molar-refractivity contribution in [3.8, 4) is 0 Å². The van der Waals surface area contributed by atoms with Crippen LogP contribution in [0.2, 0.25) is 0 Å². The van der Waals surface area contributed by atoms with E-state index in [1.165, 1.54) is 0 Å². The van der Waals surface area contributed by atoms with Crippen molar-refractivity contribution in [2.75, 3.05) is 5.73 Å². The van der Waals surface area contributed by atoms with Crippen LogP contribution in [0.1, 0.15) is 38.6 Å². The number of nitrogens with two attached hydrogens (primary N) is 1. The first-order valence-electron chi connectivity index (χ1n) is 5.89. The molecule has 2 rings (SSSR count). The second kappa shape index (κ2) is 4.33. The van der Waals surface area contributed by atoms with E-state index in [1.54, 1.807) is 12.1 Å². The van der Waals surface area contributed by atoms with Crippen molar-refractivity contribution >= 4 is 11.5 Å². The van der Waals surface area contributed by atoms with Crippen LogP contribution in [0.3, 0.4) is 0 Å². The van der Waals surface area contributed by atoms with Crippen LogP contribution in [0.5, 0.6) is 0 Å². The summed E-state index contributed by atoms with van der Waals surface area (Å²) in [5, 5.41) is 0. The van der Waals surface area contributed by atoms with Gasteiger partial charge < -0.3 is 10.2 Å². The Kier molecular flexibility index (Phi) is 2.99. The standard InChI is InChI=1S/C15H17NO2/c1-8-7-12(5-6-13(8)16)15(17)14-9(2)10(3)18-11(14)4/h5-7H,16H2,1-4H3. The van der Waals surface area contributed by atoms with E-state index in [9.17, 15) is 4.79 Å². The molecule has 1 heterocycles. The molecule has 0 saturated carbocycles. The van der Waals surface area contributed by atoms with Crippen LogP contribution >= 0.6 is 0 Å². The highest BCUT2D eigenvalue weighted by molar-refractivity contribution is 6.10. The Bertz CT molecular complexity index is 624. The Hall–Kier alpha value is -2.03. The highest BCUT2D eigenvalue weighted by atomic mass is 16.3. The molecule has 2 N–H and O–H groups in total. The molecule has 0 atom stereocenters. The summed E-state index contributed by atoms with van der Waals surface area (Å²) < 4.78 is 5.50. The Morgan fingerprint density at radius 1 is 1.11 bits per heavy atom. The molecule has 0 spiro atoms. The zero-order valence-corrected chi connectivity index (χ0v) is 11.1. The second-order valence-electron chi connectivity index (χ2n) is 4.61. The van der Waals surface area contributed by atoms with Gasteiger partial charge in [-0.1, -0.05) is 0 Å². The highest BCUT2D eigenvalue weighted by Gasteiger charge is 2.20. The summed E-state index contributed by atoms with van der Waals surface area (Å²) in [4.78, 5) is 12.5. The number of hydrogen-bond acceptors (Lipinski definition) is 3. The molecular formula is C15H17NO2. The topological polar surface area (TPSA) is 56.2 Å². The van der Waals surface area contributed by atoms with E-state index < -0.39 is 0 Å². The maximum absolute atomic E-state index is 12.5. The molecule has 94 valence electrons. The Balaban J connectivity index is 2.51. The van der Waals surface area contributed by atoms with Crippen LogP contribution in [-0.2, 0) is 0 Å². The van der Waals surface area contributed by atoms with Gasteiger partial charge in [0.15, 0.2) is 5.78 Å². The largest absolute Gasteiger partial charge is 0.466 e. The van der Waals surface area contributed by atoms with E-state index >= 15 is 0 Å². The summed E-state index contributed by atoms with van der Waals surface area (Å²) in [6.45, 7) is 7.49. The van der Waals surface area contributed by atoms with E-state index in [0.29, 0.717) is 22.6 Å². The molecule has 2 aromatic rings. The number of carbonyl (C=O) groups is 1. The van der Waals surface area contributed by atoms with Gasteiger partial charge >= 0.3 is 0 Å². The van der Waals surface area contributed by atoms with E-state index in [4.69, 9.17) is 10.2 Å². The molecule has 18 heavy (non-hydrogen) atoms. The van der Waals surface area contributed by atoms with Gasteiger partial charge in [0.25, 0.3) is 0 Å². The van der Waals surface area contributed by atoms with Gasteiger partial charge in [-0.3, -0.25) is 4.79 Å². The van der Waals surface area contributed by atoms with Gasteiger partial charge in [-0.15, -0.1) is 0 Å². The first-order chi connectivity index (χ1) is 8.41. The fourth-order valence-electron chi connectivity index (χ4n) is 2.09. The van der Waals surface area contributed by atoms with Crippen LogP contribution in [0.15, 0.2) is 22.6 Å². The maximum atomic E-state index is 12.5. The van der Waals surface area contributed by atoms with E-state index in [-0.39, 0.29) is 5.78 Å². The van der Waals surface area contributed by atoms with Crippen LogP contribution in [-0.4, -0.2) is 5.78 Å². The minimum Gasteiger partial charge on any atom is -0.466 e. The zero-order chi connectivity index (χ0) is 13.4. The predicted octanol–water partition coefficient (Wildman–Crippen LogP) is 3.33. The minimum atomic E-state index is -0.00931. The van der Waals surface area contributed by atoms with Crippen molar-refractivity contribution < 1.29 is 9.21 Å².